The lowest BCUT2D eigenvalue weighted by atomic mass is 10.1. The van der Waals surface area contributed by atoms with Crippen molar-refractivity contribution in [1.82, 2.24) is 15.1 Å². The van der Waals surface area contributed by atoms with E-state index in [4.69, 9.17) is 5.73 Å². The van der Waals surface area contributed by atoms with Crippen LogP contribution in [0.1, 0.15) is 16.1 Å². The third-order valence-corrected chi connectivity index (χ3v) is 2.94. The van der Waals surface area contributed by atoms with E-state index < -0.39 is 23.1 Å². The molecule has 20 heavy (non-hydrogen) atoms. The highest BCUT2D eigenvalue weighted by Gasteiger charge is 2.19. The van der Waals surface area contributed by atoms with E-state index >= 15 is 0 Å². The summed E-state index contributed by atoms with van der Waals surface area (Å²) in [7, 11) is 1.77. The Bertz CT molecular complexity index is 639. The van der Waals surface area contributed by atoms with Crippen molar-refractivity contribution in [2.75, 3.05) is 12.3 Å². The lowest BCUT2D eigenvalue weighted by Gasteiger charge is -2.08. The van der Waals surface area contributed by atoms with Gasteiger partial charge in [-0.15, -0.1) is 0 Å². The van der Waals surface area contributed by atoms with E-state index in [-0.39, 0.29) is 12.2 Å². The summed E-state index contributed by atoms with van der Waals surface area (Å²) in [6.45, 7) is 0.242. The molecule has 0 saturated heterocycles. The van der Waals surface area contributed by atoms with Crippen molar-refractivity contribution in [2.45, 2.75) is 6.42 Å². The fourth-order valence-electron chi connectivity index (χ4n) is 1.82. The molecule has 1 aromatic carbocycles. The Labute approximate surface area is 114 Å². The van der Waals surface area contributed by atoms with Crippen LogP contribution >= 0.6 is 0 Å². The standard InChI is InChI=1S/C13H14F2N4O/c1-19-8(5-7-18-19)4-6-17-13(20)11-9(14)2-3-10(16)12(11)15/h2-3,5,7H,4,6,16H2,1H3,(H,17,20). The van der Waals surface area contributed by atoms with Gasteiger partial charge in [0.05, 0.1) is 5.69 Å². The maximum atomic E-state index is 13.6. The summed E-state index contributed by atoms with van der Waals surface area (Å²) in [5.74, 6) is -2.80. The molecule has 1 aromatic heterocycles. The highest BCUT2D eigenvalue weighted by atomic mass is 19.1. The highest BCUT2D eigenvalue weighted by molar-refractivity contribution is 5.95. The quantitative estimate of drug-likeness (QED) is 0.828. The smallest absolute Gasteiger partial charge is 0.257 e. The summed E-state index contributed by atoms with van der Waals surface area (Å²) in [5.41, 5.74) is 5.30. The molecule has 5 nitrogen and oxygen atoms in total. The molecule has 0 atom stereocenters. The number of rotatable bonds is 4. The number of aromatic nitrogens is 2. The summed E-state index contributed by atoms with van der Waals surface area (Å²) in [4.78, 5) is 11.8. The summed E-state index contributed by atoms with van der Waals surface area (Å²) in [5, 5.41) is 6.44. The van der Waals surface area contributed by atoms with Gasteiger partial charge in [-0.3, -0.25) is 9.48 Å². The second-order valence-electron chi connectivity index (χ2n) is 4.28. The van der Waals surface area contributed by atoms with E-state index in [0.717, 1.165) is 17.8 Å². The second-order valence-corrected chi connectivity index (χ2v) is 4.28. The van der Waals surface area contributed by atoms with E-state index in [0.29, 0.717) is 6.42 Å². The maximum absolute atomic E-state index is 13.6. The van der Waals surface area contributed by atoms with Crippen molar-refractivity contribution in [3.05, 3.63) is 47.3 Å². The molecule has 0 spiro atoms. The van der Waals surface area contributed by atoms with Gasteiger partial charge in [0.2, 0.25) is 0 Å². The molecule has 3 N–H and O–H groups in total. The third-order valence-electron chi connectivity index (χ3n) is 2.94. The first kappa shape index (κ1) is 14.0. The predicted molar refractivity (Wildman–Crippen MR) is 70.0 cm³/mol. The van der Waals surface area contributed by atoms with Crippen LogP contribution in [-0.2, 0) is 13.5 Å². The first-order chi connectivity index (χ1) is 9.50. The normalized spacial score (nSPS) is 10.6. The fourth-order valence-corrected chi connectivity index (χ4v) is 1.82. The maximum Gasteiger partial charge on any atom is 0.257 e. The molecule has 1 heterocycles. The minimum Gasteiger partial charge on any atom is -0.396 e. The van der Waals surface area contributed by atoms with Gasteiger partial charge in [0, 0.05) is 31.9 Å². The Morgan fingerprint density at radius 1 is 1.40 bits per heavy atom. The molecule has 2 rings (SSSR count). The van der Waals surface area contributed by atoms with E-state index in [1.165, 1.54) is 0 Å². The van der Waals surface area contributed by atoms with Crippen molar-refractivity contribution in [3.63, 3.8) is 0 Å². The minimum absolute atomic E-state index is 0.242. The Morgan fingerprint density at radius 2 is 2.15 bits per heavy atom. The molecule has 0 aliphatic carbocycles. The van der Waals surface area contributed by atoms with Crippen molar-refractivity contribution < 1.29 is 13.6 Å². The number of halogens is 2. The summed E-state index contributed by atoms with van der Waals surface area (Å²) < 4.78 is 28.8. The lowest BCUT2D eigenvalue weighted by Crippen LogP contribution is -2.28. The molecule has 2 aromatic rings. The molecular formula is C13H14F2N4O. The van der Waals surface area contributed by atoms with Crippen LogP contribution in [0.4, 0.5) is 14.5 Å². The number of benzene rings is 1. The molecule has 0 saturated carbocycles. The van der Waals surface area contributed by atoms with Gasteiger partial charge in [0.25, 0.3) is 5.91 Å². The van der Waals surface area contributed by atoms with Crippen molar-refractivity contribution in [3.8, 4) is 0 Å². The van der Waals surface area contributed by atoms with Crippen LogP contribution in [0.3, 0.4) is 0 Å². The van der Waals surface area contributed by atoms with Crippen LogP contribution in [-0.4, -0.2) is 22.2 Å². The molecule has 0 fully saturated rings. The number of carbonyl (C=O) groups is 1. The van der Waals surface area contributed by atoms with Crippen LogP contribution in [0.25, 0.3) is 0 Å². The number of carbonyl (C=O) groups excluding carboxylic acids is 1. The predicted octanol–water partition coefficient (Wildman–Crippen LogP) is 1.25. The second kappa shape index (κ2) is 5.68. The number of nitrogen functional groups attached to an aromatic ring is 1. The number of anilines is 1. The van der Waals surface area contributed by atoms with Gasteiger partial charge >= 0.3 is 0 Å². The average Bonchev–Trinajstić information content (AvgIpc) is 2.80. The van der Waals surface area contributed by atoms with Gasteiger partial charge in [-0.2, -0.15) is 5.10 Å². The number of nitrogens with two attached hydrogens (primary N) is 1. The highest BCUT2D eigenvalue weighted by Crippen LogP contribution is 2.18. The first-order valence-electron chi connectivity index (χ1n) is 5.99. The van der Waals surface area contributed by atoms with Gasteiger partial charge in [0.1, 0.15) is 11.4 Å². The molecular weight excluding hydrogens is 266 g/mol. The molecule has 0 bridgehead atoms. The molecule has 0 aliphatic heterocycles. The number of nitrogens with one attached hydrogen (secondary N) is 1. The number of amides is 1. The van der Waals surface area contributed by atoms with Gasteiger partial charge in [-0.1, -0.05) is 0 Å². The van der Waals surface area contributed by atoms with Gasteiger partial charge in [0.15, 0.2) is 5.82 Å². The zero-order chi connectivity index (χ0) is 14.7. The van der Waals surface area contributed by atoms with Crippen LogP contribution < -0.4 is 11.1 Å². The van der Waals surface area contributed by atoms with E-state index in [9.17, 15) is 13.6 Å². The van der Waals surface area contributed by atoms with Gasteiger partial charge in [-0.05, 0) is 18.2 Å². The van der Waals surface area contributed by atoms with Crippen molar-refractivity contribution >= 4 is 11.6 Å². The van der Waals surface area contributed by atoms with Crippen LogP contribution in [0.5, 0.6) is 0 Å². The molecule has 0 radical (unpaired) electrons. The van der Waals surface area contributed by atoms with Gasteiger partial charge in [-0.25, -0.2) is 8.78 Å². The minimum atomic E-state index is -1.04. The molecule has 106 valence electrons. The Hall–Kier alpha value is -2.44. The van der Waals surface area contributed by atoms with Crippen molar-refractivity contribution in [1.29, 1.82) is 0 Å². The van der Waals surface area contributed by atoms with Crippen molar-refractivity contribution in [2.24, 2.45) is 7.05 Å². The van der Waals surface area contributed by atoms with Crippen LogP contribution in [0.15, 0.2) is 24.4 Å². The molecule has 0 aliphatic rings. The van der Waals surface area contributed by atoms with Gasteiger partial charge < -0.3 is 11.1 Å². The number of hydrogen-bond acceptors (Lipinski definition) is 3. The third kappa shape index (κ3) is 2.76. The summed E-state index contributed by atoms with van der Waals surface area (Å²) >= 11 is 0. The summed E-state index contributed by atoms with van der Waals surface area (Å²) in [6.07, 6.45) is 2.14. The Morgan fingerprint density at radius 3 is 2.80 bits per heavy atom. The number of aryl methyl sites for hydroxylation is 1. The topological polar surface area (TPSA) is 72.9 Å². The number of nitrogens with zero attached hydrogens (tertiary/aromatic N) is 2. The SMILES string of the molecule is Cn1nccc1CCNC(=O)c1c(F)ccc(N)c1F. The Kier molecular flexibility index (Phi) is 3.97. The Balaban J connectivity index is 2.03. The zero-order valence-electron chi connectivity index (χ0n) is 10.9. The lowest BCUT2D eigenvalue weighted by molar-refractivity contribution is 0.0945. The first-order valence-corrected chi connectivity index (χ1v) is 5.99. The van der Waals surface area contributed by atoms with Crippen LogP contribution in [0.2, 0.25) is 0 Å². The fraction of sp³-hybridized carbons (Fsp3) is 0.231. The zero-order valence-corrected chi connectivity index (χ0v) is 10.9. The van der Waals surface area contributed by atoms with E-state index in [1.807, 2.05) is 0 Å². The van der Waals surface area contributed by atoms with E-state index in [1.54, 1.807) is 24.0 Å². The monoisotopic (exact) mass is 280 g/mol. The average molecular weight is 280 g/mol. The molecule has 7 heteroatoms. The van der Waals surface area contributed by atoms with E-state index in [2.05, 4.69) is 10.4 Å². The molecule has 0 unspecified atom stereocenters. The van der Waals surface area contributed by atoms with Crippen LogP contribution in [0, 0.1) is 11.6 Å². The number of hydrogen-bond donors (Lipinski definition) is 2. The molecule has 1 amide bonds. The largest absolute Gasteiger partial charge is 0.396 e. The summed E-state index contributed by atoms with van der Waals surface area (Å²) in [6, 6.07) is 3.85.